The fraction of sp³-hybridized carbons (Fsp3) is 0.889. The number of hydrogen-bond donors (Lipinski definition) is 1. The van der Waals surface area contributed by atoms with Gasteiger partial charge in [0.2, 0.25) is 0 Å². The number of rotatable bonds is 4. The lowest BCUT2D eigenvalue weighted by molar-refractivity contribution is 0.105. The molecule has 0 aromatic heterocycles. The van der Waals surface area contributed by atoms with Crippen molar-refractivity contribution in [3.05, 3.63) is 11.6 Å². The van der Waals surface area contributed by atoms with Crippen LogP contribution >= 0.6 is 0 Å². The molecule has 1 saturated heterocycles. The lowest BCUT2D eigenvalue weighted by Gasteiger charge is -2.43. The summed E-state index contributed by atoms with van der Waals surface area (Å²) in [7, 11) is 0. The molecule has 1 heterocycles. The van der Waals surface area contributed by atoms with Crippen LogP contribution in [0.5, 0.6) is 0 Å². The van der Waals surface area contributed by atoms with Gasteiger partial charge in [-0.15, -0.1) is 0 Å². The molecular formula is C18H32N2. The van der Waals surface area contributed by atoms with Gasteiger partial charge in [0.05, 0.1) is 0 Å². The van der Waals surface area contributed by atoms with E-state index in [-0.39, 0.29) is 0 Å². The fourth-order valence-electron chi connectivity index (χ4n) is 4.36. The summed E-state index contributed by atoms with van der Waals surface area (Å²) < 4.78 is 0. The molecule has 2 unspecified atom stereocenters. The van der Waals surface area contributed by atoms with Crippen molar-refractivity contribution >= 4 is 0 Å². The predicted octanol–water partition coefficient (Wildman–Crippen LogP) is 3.73. The highest BCUT2D eigenvalue weighted by Gasteiger charge is 2.30. The molecule has 2 aliphatic carbocycles. The first-order chi connectivity index (χ1) is 9.83. The lowest BCUT2D eigenvalue weighted by atomic mass is 9.82. The first-order valence-corrected chi connectivity index (χ1v) is 8.98. The van der Waals surface area contributed by atoms with Gasteiger partial charge in [-0.3, -0.25) is 4.90 Å². The molecule has 2 atom stereocenters. The molecule has 1 aliphatic heterocycles. The number of hydrogen-bond acceptors (Lipinski definition) is 2. The topological polar surface area (TPSA) is 15.3 Å². The summed E-state index contributed by atoms with van der Waals surface area (Å²) in [5, 5.41) is 3.84. The molecule has 20 heavy (non-hydrogen) atoms. The van der Waals surface area contributed by atoms with Crippen LogP contribution in [0.1, 0.15) is 64.7 Å². The highest BCUT2D eigenvalue weighted by atomic mass is 15.2. The molecule has 2 fully saturated rings. The van der Waals surface area contributed by atoms with Crippen molar-refractivity contribution in [3.8, 4) is 0 Å². The molecular weight excluding hydrogens is 244 g/mol. The van der Waals surface area contributed by atoms with Crippen molar-refractivity contribution in [2.24, 2.45) is 5.92 Å². The van der Waals surface area contributed by atoms with Crippen LogP contribution in [0, 0.1) is 5.92 Å². The van der Waals surface area contributed by atoms with Crippen LogP contribution in [0.3, 0.4) is 0 Å². The van der Waals surface area contributed by atoms with E-state index < -0.39 is 0 Å². The highest BCUT2D eigenvalue weighted by molar-refractivity contribution is 5.08. The van der Waals surface area contributed by atoms with Gasteiger partial charge in [-0.25, -0.2) is 0 Å². The average molecular weight is 276 g/mol. The van der Waals surface area contributed by atoms with Gasteiger partial charge in [0.25, 0.3) is 0 Å². The Morgan fingerprint density at radius 2 is 2.05 bits per heavy atom. The maximum absolute atomic E-state index is 3.84. The molecule has 0 radical (unpaired) electrons. The van der Waals surface area contributed by atoms with E-state index in [0.717, 1.165) is 18.0 Å². The molecule has 0 amide bonds. The van der Waals surface area contributed by atoms with Gasteiger partial charge >= 0.3 is 0 Å². The quantitative estimate of drug-likeness (QED) is 0.787. The normalized spacial score (nSPS) is 33.4. The number of allylic oxidation sites excluding steroid dienone is 1. The molecule has 0 aromatic rings. The molecule has 114 valence electrons. The summed E-state index contributed by atoms with van der Waals surface area (Å²) in [5.74, 6) is 0.949. The first kappa shape index (κ1) is 14.6. The van der Waals surface area contributed by atoms with Gasteiger partial charge in [0.15, 0.2) is 0 Å². The summed E-state index contributed by atoms with van der Waals surface area (Å²) in [6, 6.07) is 1.49. The average Bonchev–Trinajstić information content (AvgIpc) is 3.01. The smallest absolute Gasteiger partial charge is 0.0224 e. The Bertz CT molecular complexity index is 330. The molecule has 0 bridgehead atoms. The Balaban J connectivity index is 1.50. The van der Waals surface area contributed by atoms with E-state index in [2.05, 4.69) is 23.2 Å². The van der Waals surface area contributed by atoms with E-state index in [1.165, 1.54) is 77.4 Å². The second-order valence-electron chi connectivity index (χ2n) is 7.26. The zero-order valence-electron chi connectivity index (χ0n) is 13.2. The first-order valence-electron chi connectivity index (χ1n) is 8.98. The van der Waals surface area contributed by atoms with E-state index >= 15 is 0 Å². The Morgan fingerprint density at radius 1 is 1.20 bits per heavy atom. The van der Waals surface area contributed by atoms with E-state index in [9.17, 15) is 0 Å². The van der Waals surface area contributed by atoms with E-state index in [0.29, 0.717) is 0 Å². The van der Waals surface area contributed by atoms with E-state index in [1.54, 1.807) is 5.57 Å². The van der Waals surface area contributed by atoms with Crippen molar-refractivity contribution in [1.82, 2.24) is 10.2 Å². The molecule has 3 aliphatic rings. The Hall–Kier alpha value is -0.340. The fourth-order valence-corrected chi connectivity index (χ4v) is 4.36. The SMILES string of the molecule is CC1CNC(C2CCCCC2)CN1CCC1=CCCC1. The minimum absolute atomic E-state index is 0.719. The van der Waals surface area contributed by atoms with Gasteiger partial charge in [-0.2, -0.15) is 0 Å². The van der Waals surface area contributed by atoms with Crippen LogP contribution in [0.25, 0.3) is 0 Å². The van der Waals surface area contributed by atoms with Crippen LogP contribution in [0.15, 0.2) is 11.6 Å². The summed E-state index contributed by atoms with van der Waals surface area (Å²) in [6.07, 6.45) is 15.2. The molecule has 0 aromatic carbocycles. The monoisotopic (exact) mass is 276 g/mol. The third-order valence-electron chi connectivity index (χ3n) is 5.80. The number of piperazine rings is 1. The zero-order valence-corrected chi connectivity index (χ0v) is 13.2. The van der Waals surface area contributed by atoms with Crippen molar-refractivity contribution < 1.29 is 0 Å². The minimum Gasteiger partial charge on any atom is -0.311 e. The van der Waals surface area contributed by atoms with Gasteiger partial charge in [0, 0.05) is 31.7 Å². The Kier molecular flexibility index (Phi) is 5.17. The Morgan fingerprint density at radius 3 is 2.80 bits per heavy atom. The molecule has 0 spiro atoms. The zero-order chi connectivity index (χ0) is 13.8. The van der Waals surface area contributed by atoms with Crippen molar-refractivity contribution in [1.29, 1.82) is 0 Å². The van der Waals surface area contributed by atoms with Crippen LogP contribution in [-0.4, -0.2) is 36.6 Å². The lowest BCUT2D eigenvalue weighted by Crippen LogP contribution is -2.58. The number of nitrogens with one attached hydrogen (secondary N) is 1. The second-order valence-corrected chi connectivity index (χ2v) is 7.26. The largest absolute Gasteiger partial charge is 0.311 e. The Labute approximate surface area is 125 Å². The van der Waals surface area contributed by atoms with Gasteiger partial charge in [0.1, 0.15) is 0 Å². The maximum Gasteiger partial charge on any atom is 0.0224 e. The summed E-state index contributed by atoms with van der Waals surface area (Å²) in [4.78, 5) is 2.76. The van der Waals surface area contributed by atoms with Gasteiger partial charge < -0.3 is 5.32 Å². The van der Waals surface area contributed by atoms with Crippen molar-refractivity contribution in [3.63, 3.8) is 0 Å². The standard InChI is InChI=1S/C18H32N2/c1-15-13-19-18(17-9-3-2-4-10-17)14-20(15)12-11-16-7-5-6-8-16/h7,15,17-19H,2-6,8-14H2,1H3. The van der Waals surface area contributed by atoms with Crippen LogP contribution in [-0.2, 0) is 0 Å². The van der Waals surface area contributed by atoms with Crippen LogP contribution in [0.2, 0.25) is 0 Å². The highest BCUT2D eigenvalue weighted by Crippen LogP contribution is 2.29. The minimum atomic E-state index is 0.719. The van der Waals surface area contributed by atoms with Crippen molar-refractivity contribution in [2.75, 3.05) is 19.6 Å². The predicted molar refractivity (Wildman–Crippen MR) is 86.0 cm³/mol. The number of nitrogens with zero attached hydrogens (tertiary/aromatic N) is 1. The van der Waals surface area contributed by atoms with Crippen LogP contribution < -0.4 is 5.32 Å². The third kappa shape index (κ3) is 3.65. The van der Waals surface area contributed by atoms with Crippen LogP contribution in [0.4, 0.5) is 0 Å². The maximum atomic E-state index is 3.84. The third-order valence-corrected chi connectivity index (χ3v) is 5.80. The summed E-state index contributed by atoms with van der Waals surface area (Å²) in [5.41, 5.74) is 1.73. The summed E-state index contributed by atoms with van der Waals surface area (Å²) in [6.45, 7) is 6.17. The van der Waals surface area contributed by atoms with E-state index in [4.69, 9.17) is 0 Å². The molecule has 2 nitrogen and oxygen atoms in total. The molecule has 2 heteroatoms. The van der Waals surface area contributed by atoms with E-state index in [1.807, 2.05) is 0 Å². The van der Waals surface area contributed by atoms with Gasteiger partial charge in [-0.05, 0) is 51.4 Å². The second kappa shape index (κ2) is 7.09. The molecule has 3 rings (SSSR count). The summed E-state index contributed by atoms with van der Waals surface area (Å²) >= 11 is 0. The van der Waals surface area contributed by atoms with Crippen molar-refractivity contribution in [2.45, 2.75) is 76.8 Å². The molecule has 1 saturated carbocycles. The van der Waals surface area contributed by atoms with Gasteiger partial charge in [-0.1, -0.05) is 30.9 Å². The molecule has 1 N–H and O–H groups in total.